The second-order valence-corrected chi connectivity index (χ2v) is 5.74. The van der Waals surface area contributed by atoms with Gasteiger partial charge in [0.1, 0.15) is 11.4 Å². The van der Waals surface area contributed by atoms with Crippen molar-refractivity contribution in [3.8, 4) is 5.75 Å². The van der Waals surface area contributed by atoms with Crippen molar-refractivity contribution in [1.82, 2.24) is 0 Å². The van der Waals surface area contributed by atoms with E-state index in [4.69, 9.17) is 9.47 Å². The number of fused-ring (bicyclic) bond motifs is 5. The Morgan fingerprint density at radius 3 is 2.82 bits per heavy atom. The van der Waals surface area contributed by atoms with E-state index in [2.05, 4.69) is 0 Å². The van der Waals surface area contributed by atoms with Crippen LogP contribution >= 0.6 is 0 Å². The summed E-state index contributed by atoms with van der Waals surface area (Å²) in [5.74, 6) is -1.44. The average Bonchev–Trinajstić information content (AvgIpc) is 3.18. The third kappa shape index (κ3) is 1.46. The number of aliphatic hydroxyl groups is 1. The highest BCUT2D eigenvalue weighted by Gasteiger charge is 2.67. The van der Waals surface area contributed by atoms with Gasteiger partial charge in [-0.25, -0.2) is 4.90 Å². The molecule has 6 nitrogen and oxygen atoms in total. The maximum Gasteiger partial charge on any atom is 0.241 e. The number of carbonyl (C=O) groups is 2. The SMILES string of the molecule is COc1ccccc1N1C(=O)[C@@H]2[C@@H](C1=O)[C@@]1(CO)C=C[C@H]2O1. The van der Waals surface area contributed by atoms with Gasteiger partial charge in [-0.15, -0.1) is 0 Å². The van der Waals surface area contributed by atoms with Gasteiger partial charge >= 0.3 is 0 Å². The van der Waals surface area contributed by atoms with E-state index in [0.29, 0.717) is 11.4 Å². The summed E-state index contributed by atoms with van der Waals surface area (Å²) < 4.78 is 11.0. The summed E-state index contributed by atoms with van der Waals surface area (Å²) in [6.45, 7) is -0.319. The lowest BCUT2D eigenvalue weighted by molar-refractivity contribution is -0.128. The molecule has 2 saturated heterocycles. The average molecular weight is 301 g/mol. The normalized spacial score (nSPS) is 35.4. The molecule has 1 aromatic carbocycles. The zero-order chi connectivity index (χ0) is 15.5. The minimum absolute atomic E-state index is 0.302. The molecule has 6 heteroatoms. The van der Waals surface area contributed by atoms with Gasteiger partial charge in [-0.1, -0.05) is 24.3 Å². The molecule has 3 aliphatic heterocycles. The van der Waals surface area contributed by atoms with E-state index in [1.807, 2.05) is 0 Å². The summed E-state index contributed by atoms with van der Waals surface area (Å²) >= 11 is 0. The lowest BCUT2D eigenvalue weighted by Gasteiger charge is -2.26. The van der Waals surface area contributed by atoms with Crippen LogP contribution in [0.1, 0.15) is 0 Å². The first-order valence-corrected chi connectivity index (χ1v) is 7.12. The van der Waals surface area contributed by atoms with Crippen molar-refractivity contribution in [2.45, 2.75) is 11.7 Å². The van der Waals surface area contributed by atoms with E-state index >= 15 is 0 Å². The van der Waals surface area contributed by atoms with Crippen molar-refractivity contribution >= 4 is 17.5 Å². The van der Waals surface area contributed by atoms with E-state index < -0.39 is 23.5 Å². The number of anilines is 1. The van der Waals surface area contributed by atoms with Crippen molar-refractivity contribution < 1.29 is 24.2 Å². The zero-order valence-corrected chi connectivity index (χ0v) is 11.9. The van der Waals surface area contributed by atoms with Crippen LogP contribution < -0.4 is 9.64 Å². The first kappa shape index (κ1) is 13.5. The van der Waals surface area contributed by atoms with Crippen molar-refractivity contribution in [2.75, 3.05) is 18.6 Å². The highest BCUT2D eigenvalue weighted by molar-refractivity contribution is 6.24. The molecule has 0 spiro atoms. The number of para-hydroxylation sites is 2. The van der Waals surface area contributed by atoms with Gasteiger partial charge in [0.2, 0.25) is 11.8 Å². The quantitative estimate of drug-likeness (QED) is 0.650. The monoisotopic (exact) mass is 301 g/mol. The molecule has 22 heavy (non-hydrogen) atoms. The van der Waals surface area contributed by atoms with Crippen molar-refractivity contribution in [3.05, 3.63) is 36.4 Å². The number of rotatable bonds is 3. The number of ether oxygens (including phenoxy) is 2. The predicted molar refractivity (Wildman–Crippen MR) is 76.3 cm³/mol. The molecule has 3 aliphatic rings. The lowest BCUT2D eigenvalue weighted by atomic mass is 9.77. The second kappa shape index (κ2) is 4.41. The molecule has 1 N–H and O–H groups in total. The third-order valence-electron chi connectivity index (χ3n) is 4.73. The summed E-state index contributed by atoms with van der Waals surface area (Å²) in [6, 6.07) is 6.90. The van der Waals surface area contributed by atoms with E-state index in [1.54, 1.807) is 36.4 Å². The van der Waals surface area contributed by atoms with E-state index in [0.717, 1.165) is 0 Å². The number of benzene rings is 1. The van der Waals surface area contributed by atoms with Crippen molar-refractivity contribution in [3.63, 3.8) is 0 Å². The van der Waals surface area contributed by atoms with Crippen LogP contribution in [0.2, 0.25) is 0 Å². The molecule has 2 amide bonds. The largest absolute Gasteiger partial charge is 0.495 e. The molecule has 0 radical (unpaired) electrons. The number of amides is 2. The maximum atomic E-state index is 12.8. The van der Waals surface area contributed by atoms with Gasteiger partial charge in [-0.05, 0) is 12.1 Å². The third-order valence-corrected chi connectivity index (χ3v) is 4.73. The fourth-order valence-corrected chi connectivity index (χ4v) is 3.74. The second-order valence-electron chi connectivity index (χ2n) is 5.74. The lowest BCUT2D eigenvalue weighted by Crippen LogP contribution is -2.43. The molecule has 114 valence electrons. The first-order valence-electron chi connectivity index (χ1n) is 7.12. The molecule has 0 aromatic heterocycles. The minimum Gasteiger partial charge on any atom is -0.495 e. The number of imide groups is 1. The van der Waals surface area contributed by atoms with Gasteiger partial charge < -0.3 is 14.6 Å². The van der Waals surface area contributed by atoms with Gasteiger partial charge in [-0.3, -0.25) is 9.59 Å². The zero-order valence-electron chi connectivity index (χ0n) is 11.9. The molecule has 2 fully saturated rings. The highest BCUT2D eigenvalue weighted by Crippen LogP contribution is 2.52. The van der Waals surface area contributed by atoms with Gasteiger partial charge in [0.25, 0.3) is 0 Å². The Morgan fingerprint density at radius 1 is 1.32 bits per heavy atom. The number of hydrogen-bond acceptors (Lipinski definition) is 5. The van der Waals surface area contributed by atoms with Crippen LogP contribution in [0.15, 0.2) is 36.4 Å². The smallest absolute Gasteiger partial charge is 0.241 e. The molecule has 1 aromatic rings. The minimum atomic E-state index is -1.07. The van der Waals surface area contributed by atoms with Gasteiger partial charge in [0, 0.05) is 0 Å². The molecule has 0 saturated carbocycles. The van der Waals surface area contributed by atoms with Crippen molar-refractivity contribution in [2.24, 2.45) is 11.8 Å². The van der Waals surface area contributed by atoms with E-state index in [-0.39, 0.29) is 18.4 Å². The number of methoxy groups -OCH3 is 1. The topological polar surface area (TPSA) is 76.1 Å². The summed E-state index contributed by atoms with van der Waals surface area (Å²) in [4.78, 5) is 26.8. The van der Waals surface area contributed by atoms with Crippen LogP contribution in [0.5, 0.6) is 5.75 Å². The maximum absolute atomic E-state index is 12.8. The molecular weight excluding hydrogens is 286 g/mol. The summed E-state index contributed by atoms with van der Waals surface area (Å²) in [7, 11) is 1.49. The Bertz CT molecular complexity index is 700. The molecule has 3 heterocycles. The Balaban J connectivity index is 1.80. The van der Waals surface area contributed by atoms with E-state index in [9.17, 15) is 14.7 Å². The number of carbonyl (C=O) groups excluding carboxylic acids is 2. The van der Waals surface area contributed by atoms with Crippen LogP contribution in [-0.2, 0) is 14.3 Å². The molecule has 4 rings (SSSR count). The Morgan fingerprint density at radius 2 is 2.09 bits per heavy atom. The number of hydrogen-bond donors (Lipinski definition) is 1. The Hall–Kier alpha value is -2.18. The molecule has 2 bridgehead atoms. The van der Waals surface area contributed by atoms with Crippen LogP contribution in [0.25, 0.3) is 0 Å². The van der Waals surface area contributed by atoms with E-state index in [1.165, 1.54) is 12.0 Å². The molecule has 0 aliphatic carbocycles. The van der Waals surface area contributed by atoms with Crippen LogP contribution in [-0.4, -0.2) is 42.3 Å². The fourth-order valence-electron chi connectivity index (χ4n) is 3.74. The standard InChI is InChI=1S/C16H15NO5/c1-21-10-5-3-2-4-9(10)17-14(19)12-11-6-7-16(8-18,22-11)13(12)15(17)20/h2-7,11-13,18H,8H2,1H3/t11-,12+,13+,16+/m1/s1. The Kier molecular flexibility index (Phi) is 2.70. The Labute approximate surface area is 126 Å². The molecule has 0 unspecified atom stereocenters. The van der Waals surface area contributed by atoms with Crippen LogP contribution in [0.3, 0.4) is 0 Å². The summed E-state index contributed by atoms with van der Waals surface area (Å²) in [5, 5.41) is 9.67. The predicted octanol–water partition coefficient (Wildman–Crippen LogP) is 0.500. The fraction of sp³-hybridized carbons (Fsp3) is 0.375. The number of nitrogens with zero attached hydrogens (tertiary/aromatic N) is 1. The summed E-state index contributed by atoms with van der Waals surface area (Å²) in [5.41, 5.74) is -0.638. The van der Waals surface area contributed by atoms with Gasteiger partial charge in [-0.2, -0.15) is 0 Å². The first-order chi connectivity index (χ1) is 10.6. The highest BCUT2D eigenvalue weighted by atomic mass is 16.5. The summed E-state index contributed by atoms with van der Waals surface area (Å²) in [6.07, 6.45) is 3.01. The molecule has 4 atom stereocenters. The number of aliphatic hydroxyl groups excluding tert-OH is 1. The van der Waals surface area contributed by atoms with Gasteiger partial charge in [0.05, 0.1) is 37.3 Å². The van der Waals surface area contributed by atoms with Crippen molar-refractivity contribution in [1.29, 1.82) is 0 Å². The van der Waals surface area contributed by atoms with Crippen LogP contribution in [0.4, 0.5) is 5.69 Å². The van der Waals surface area contributed by atoms with Gasteiger partial charge in [0.15, 0.2) is 0 Å². The van der Waals surface area contributed by atoms with Crippen LogP contribution in [0, 0.1) is 11.8 Å². The molecular formula is C16H15NO5.